The van der Waals surface area contributed by atoms with E-state index in [4.69, 9.17) is 5.11 Å². The minimum Gasteiger partial charge on any atom is -0.507 e. The molecule has 0 radical (unpaired) electrons. The number of hydrogen-bond acceptors (Lipinski definition) is 5. The molecule has 0 saturated heterocycles. The van der Waals surface area contributed by atoms with E-state index in [9.17, 15) is 23.7 Å². The summed E-state index contributed by atoms with van der Waals surface area (Å²) >= 11 is 0. The Morgan fingerprint density at radius 1 is 1.22 bits per heavy atom. The van der Waals surface area contributed by atoms with Crippen molar-refractivity contribution >= 4 is 11.7 Å². The predicted octanol–water partition coefficient (Wildman–Crippen LogP) is 3.69. The highest BCUT2D eigenvalue weighted by atomic mass is 19.1. The van der Waals surface area contributed by atoms with Crippen molar-refractivity contribution in [3.05, 3.63) is 69.8 Å². The largest absolute Gasteiger partial charge is 0.507 e. The van der Waals surface area contributed by atoms with E-state index in [0.29, 0.717) is 0 Å². The molecule has 0 aromatic heterocycles. The summed E-state index contributed by atoms with van der Waals surface area (Å²) in [6, 6.07) is 8.07. The Morgan fingerprint density at radius 3 is 2.30 bits per heavy atom. The van der Waals surface area contributed by atoms with E-state index in [1.807, 2.05) is 0 Å². The number of carbonyl (C=O) groups excluding carboxylic acids is 1. The molecule has 0 saturated carbocycles. The van der Waals surface area contributed by atoms with Gasteiger partial charge < -0.3 is 9.84 Å². The van der Waals surface area contributed by atoms with Crippen molar-refractivity contribution in [3.8, 4) is 5.75 Å². The molecule has 2 aromatic carbocycles. The number of halogens is 2. The summed E-state index contributed by atoms with van der Waals surface area (Å²) in [7, 11) is 1.16. The number of nitro groups is 1. The van der Waals surface area contributed by atoms with Gasteiger partial charge in [0.25, 0.3) is 0 Å². The van der Waals surface area contributed by atoms with E-state index in [1.165, 1.54) is 12.1 Å². The fourth-order valence-corrected chi connectivity index (χ4v) is 1.38. The van der Waals surface area contributed by atoms with Crippen LogP contribution < -0.4 is 0 Å². The van der Waals surface area contributed by atoms with Crippen molar-refractivity contribution in [1.82, 2.24) is 0 Å². The van der Waals surface area contributed by atoms with E-state index in [-0.39, 0.29) is 18.7 Å². The maximum absolute atomic E-state index is 12.5. The zero-order valence-electron chi connectivity index (χ0n) is 11.3. The topological polar surface area (TPSA) is 89.7 Å². The third-order valence-electron chi connectivity index (χ3n) is 2.41. The van der Waals surface area contributed by atoms with Crippen LogP contribution in [0, 0.1) is 21.7 Å². The van der Waals surface area contributed by atoms with Gasteiger partial charge in [0.2, 0.25) is 5.82 Å². The maximum atomic E-state index is 12.5. The Balaban J connectivity index is 0.000000409. The molecule has 124 valence electrons. The minimum atomic E-state index is -0.799. The fourth-order valence-electron chi connectivity index (χ4n) is 1.38. The number of ether oxygens (including phenoxy) is 1. The molecule has 23 heavy (non-hydrogen) atoms. The maximum Gasteiger partial charge on any atom is 0.341 e. The molecule has 0 unspecified atom stereocenters. The number of phenols is 1. The average molecular weight is 327 g/mol. The second kappa shape index (κ2) is 9.08. The summed E-state index contributed by atoms with van der Waals surface area (Å²) in [5.74, 6) is -2.43. The zero-order valence-corrected chi connectivity index (χ0v) is 11.3. The van der Waals surface area contributed by atoms with Crippen LogP contribution in [-0.4, -0.2) is 23.1 Å². The normalized spacial score (nSPS) is 9.00. The first-order valence-corrected chi connectivity index (χ1v) is 5.82. The third kappa shape index (κ3) is 5.70. The molecular weight excluding hydrogens is 312 g/mol. The van der Waals surface area contributed by atoms with Crippen LogP contribution in [0.15, 0.2) is 42.5 Å². The van der Waals surface area contributed by atoms with Gasteiger partial charge in [-0.25, -0.2) is 9.18 Å². The van der Waals surface area contributed by atoms with Gasteiger partial charge in [0.15, 0.2) is 0 Å². The second-order valence-corrected chi connectivity index (χ2v) is 3.86. The van der Waals surface area contributed by atoms with Crippen molar-refractivity contribution in [2.75, 3.05) is 7.11 Å². The summed E-state index contributed by atoms with van der Waals surface area (Å²) in [6.07, 6.45) is 0. The number of aromatic hydroxyl groups is 1. The lowest BCUT2D eigenvalue weighted by Crippen LogP contribution is -2.01. The summed E-state index contributed by atoms with van der Waals surface area (Å²) in [5, 5.41) is 19.1. The molecule has 0 aliphatic rings. The summed E-state index contributed by atoms with van der Waals surface area (Å²) in [6.45, 7) is 0. The first-order valence-electron chi connectivity index (χ1n) is 5.82. The fraction of sp³-hybridized carbons (Fsp3) is 0.133. The van der Waals surface area contributed by atoms with Crippen LogP contribution in [0.5, 0.6) is 5.75 Å². The van der Waals surface area contributed by atoms with Gasteiger partial charge in [-0.15, -0.1) is 0 Å². The van der Waals surface area contributed by atoms with Crippen LogP contribution in [0.4, 0.5) is 14.5 Å². The number of hydrogen-bond donors (Lipinski definition) is 1. The second-order valence-electron chi connectivity index (χ2n) is 3.86. The molecule has 0 spiro atoms. The van der Waals surface area contributed by atoms with E-state index in [0.717, 1.165) is 37.4 Å². The van der Waals surface area contributed by atoms with Gasteiger partial charge in [0.05, 0.1) is 12.0 Å². The average Bonchev–Trinajstić information content (AvgIpc) is 2.49. The summed E-state index contributed by atoms with van der Waals surface area (Å²) in [5.41, 5.74) is -0.653. The predicted molar refractivity (Wildman–Crippen MR) is 79.2 cm³/mol. The summed E-state index contributed by atoms with van der Waals surface area (Å²) in [4.78, 5) is 20.1. The molecule has 0 aliphatic carbocycles. The van der Waals surface area contributed by atoms with Crippen LogP contribution >= 0.6 is 0 Å². The van der Waals surface area contributed by atoms with Crippen molar-refractivity contribution < 1.29 is 28.3 Å². The van der Waals surface area contributed by atoms with Gasteiger partial charge in [0.1, 0.15) is 17.1 Å². The van der Waals surface area contributed by atoms with Gasteiger partial charge in [0, 0.05) is 6.07 Å². The minimum absolute atomic E-state index is 0. The van der Waals surface area contributed by atoms with Gasteiger partial charge in [-0.05, 0) is 24.3 Å². The number of para-hydroxylation sites is 1. The number of phenolic OH excluding ortho intramolecular Hbond substituents is 1. The zero-order chi connectivity index (χ0) is 16.7. The third-order valence-corrected chi connectivity index (χ3v) is 2.41. The lowest BCUT2D eigenvalue weighted by Gasteiger charge is -2.01. The molecule has 0 bridgehead atoms. The number of nitro benzene ring substituents is 1. The van der Waals surface area contributed by atoms with E-state index in [1.54, 1.807) is 0 Å². The Hall–Kier alpha value is -3.03. The number of nitrogens with zero attached hydrogens (tertiary/aromatic N) is 1. The first-order chi connectivity index (χ1) is 10.4. The Morgan fingerprint density at radius 2 is 1.83 bits per heavy atom. The molecule has 1 N–H and O–H groups in total. The van der Waals surface area contributed by atoms with Crippen LogP contribution in [0.3, 0.4) is 0 Å². The molecule has 0 fully saturated rings. The lowest BCUT2D eigenvalue weighted by molar-refractivity contribution is -0.387. The standard InChI is InChI=1S/C8H7FO3.C6H4FNO2.CH4/c1-12-8(11)6-4-5(9)2-3-7(6)10;7-5-3-1-2-4-6(5)8(9)10;/h2-4,10H,1H3;1-4H;1H4. The number of methoxy groups -OCH3 is 1. The number of carbonyl (C=O) groups is 1. The van der Waals surface area contributed by atoms with Crippen molar-refractivity contribution in [1.29, 1.82) is 0 Å². The van der Waals surface area contributed by atoms with Gasteiger partial charge in [-0.1, -0.05) is 19.6 Å². The van der Waals surface area contributed by atoms with Crippen LogP contribution in [0.1, 0.15) is 17.8 Å². The van der Waals surface area contributed by atoms with Crippen molar-refractivity contribution in [3.63, 3.8) is 0 Å². The van der Waals surface area contributed by atoms with E-state index >= 15 is 0 Å². The quantitative estimate of drug-likeness (QED) is 0.516. The van der Waals surface area contributed by atoms with Crippen LogP contribution in [0.2, 0.25) is 0 Å². The molecule has 0 heterocycles. The van der Waals surface area contributed by atoms with Crippen LogP contribution in [-0.2, 0) is 4.74 Å². The highest BCUT2D eigenvalue weighted by Crippen LogP contribution is 2.18. The molecule has 0 aliphatic heterocycles. The lowest BCUT2D eigenvalue weighted by atomic mass is 10.2. The van der Waals surface area contributed by atoms with Gasteiger partial charge in [-0.3, -0.25) is 10.1 Å². The molecule has 6 nitrogen and oxygen atoms in total. The number of rotatable bonds is 2. The molecular formula is C15H15F2NO5. The van der Waals surface area contributed by atoms with E-state index in [2.05, 4.69) is 4.74 Å². The van der Waals surface area contributed by atoms with Gasteiger partial charge in [-0.2, -0.15) is 4.39 Å². The molecule has 0 amide bonds. The molecule has 8 heteroatoms. The Labute approximate surface area is 131 Å². The summed E-state index contributed by atoms with van der Waals surface area (Å²) < 4.78 is 29.2. The highest BCUT2D eigenvalue weighted by Gasteiger charge is 2.11. The van der Waals surface area contributed by atoms with Crippen LogP contribution in [0.25, 0.3) is 0 Å². The SMILES string of the molecule is C.COC(=O)c1cc(F)ccc1O.O=[N+]([O-])c1ccccc1F. The Bertz CT molecular complexity index is 691. The smallest absolute Gasteiger partial charge is 0.341 e. The molecule has 0 atom stereocenters. The number of benzene rings is 2. The van der Waals surface area contributed by atoms with Crippen molar-refractivity contribution in [2.24, 2.45) is 0 Å². The first kappa shape index (κ1) is 20.0. The van der Waals surface area contributed by atoms with Gasteiger partial charge >= 0.3 is 11.7 Å². The number of esters is 1. The van der Waals surface area contributed by atoms with E-state index < -0.39 is 28.2 Å². The molecule has 2 aromatic rings. The monoisotopic (exact) mass is 327 g/mol. The Kier molecular flexibility index (Phi) is 7.89. The highest BCUT2D eigenvalue weighted by molar-refractivity contribution is 5.92. The van der Waals surface area contributed by atoms with Crippen molar-refractivity contribution in [2.45, 2.75) is 7.43 Å². The molecule has 2 rings (SSSR count).